The molecule has 40 heavy (non-hydrogen) atoms. The number of azide groups is 1. The Morgan fingerprint density at radius 3 is 2.20 bits per heavy atom. The molecule has 2 heterocycles. The molecule has 12 heteroatoms. The summed E-state index contributed by atoms with van der Waals surface area (Å²) in [6.45, 7) is 14.3. The zero-order valence-corrected chi connectivity index (χ0v) is 25.1. The first-order valence-corrected chi connectivity index (χ1v) is 14.0. The number of hydrogen-bond donors (Lipinski definition) is 3. The molecule has 2 rings (SSSR count). The Morgan fingerprint density at radius 2 is 1.62 bits per heavy atom. The van der Waals surface area contributed by atoms with Crippen molar-refractivity contribution in [3.63, 3.8) is 0 Å². The molecule has 2 aliphatic rings. The third-order valence-corrected chi connectivity index (χ3v) is 8.73. The van der Waals surface area contributed by atoms with Gasteiger partial charge in [-0.3, -0.25) is 14.4 Å². The van der Waals surface area contributed by atoms with Crippen molar-refractivity contribution in [1.82, 2.24) is 0 Å². The molecule has 0 aromatic rings. The third-order valence-electron chi connectivity index (χ3n) is 8.73. The fourth-order valence-corrected chi connectivity index (χ4v) is 6.19. The smallest absolute Gasteiger partial charge is 0.316 e. The van der Waals surface area contributed by atoms with E-state index in [1.165, 1.54) is 20.8 Å². The lowest BCUT2D eigenvalue weighted by atomic mass is 9.69. The van der Waals surface area contributed by atoms with E-state index in [-0.39, 0.29) is 24.2 Å². The zero-order valence-electron chi connectivity index (χ0n) is 25.1. The van der Waals surface area contributed by atoms with E-state index in [4.69, 9.17) is 19.7 Å². The second-order valence-corrected chi connectivity index (χ2v) is 12.8. The Balaban J connectivity index is 2.58. The second-order valence-electron chi connectivity index (χ2n) is 12.8. The minimum Gasteiger partial charge on any atom is -0.459 e. The minimum absolute atomic E-state index is 0.112. The maximum absolute atomic E-state index is 13.7. The maximum Gasteiger partial charge on any atom is 0.316 e. The van der Waals surface area contributed by atoms with Crippen LogP contribution in [0.15, 0.2) is 5.11 Å². The highest BCUT2D eigenvalue weighted by Gasteiger charge is 2.50. The summed E-state index contributed by atoms with van der Waals surface area (Å²) in [7, 11) is 0. The fourth-order valence-electron chi connectivity index (χ4n) is 6.19. The van der Waals surface area contributed by atoms with Crippen LogP contribution in [-0.2, 0) is 28.6 Å². The van der Waals surface area contributed by atoms with Gasteiger partial charge in [-0.05, 0) is 50.5 Å². The average Bonchev–Trinajstić information content (AvgIpc) is 2.88. The van der Waals surface area contributed by atoms with E-state index in [0.29, 0.717) is 6.42 Å². The molecule has 2 saturated heterocycles. The molecule has 2 aliphatic heterocycles. The van der Waals surface area contributed by atoms with E-state index >= 15 is 0 Å². The van der Waals surface area contributed by atoms with Crippen LogP contribution in [0, 0.1) is 35.0 Å². The van der Waals surface area contributed by atoms with Crippen molar-refractivity contribution in [2.24, 2.45) is 40.1 Å². The number of Topliss-reactive ketones (excluding diaryl/α,β-unsaturated/α-hetero) is 2. The van der Waals surface area contributed by atoms with E-state index in [1.54, 1.807) is 13.8 Å². The van der Waals surface area contributed by atoms with Gasteiger partial charge >= 0.3 is 5.97 Å². The van der Waals surface area contributed by atoms with Gasteiger partial charge in [0, 0.05) is 22.7 Å². The van der Waals surface area contributed by atoms with Gasteiger partial charge in [0.2, 0.25) is 0 Å². The highest BCUT2D eigenvalue weighted by atomic mass is 16.7. The van der Waals surface area contributed by atoms with Crippen LogP contribution >= 0.6 is 0 Å². The number of rotatable bonds is 4. The van der Waals surface area contributed by atoms with Crippen molar-refractivity contribution in [2.45, 2.75) is 118 Å². The summed E-state index contributed by atoms with van der Waals surface area (Å²) in [5.41, 5.74) is 5.82. The summed E-state index contributed by atoms with van der Waals surface area (Å²) >= 11 is 0. The summed E-state index contributed by atoms with van der Waals surface area (Å²) in [4.78, 5) is 43.0. The number of carbonyl (C=O) groups is 3. The van der Waals surface area contributed by atoms with Crippen LogP contribution < -0.4 is 0 Å². The quantitative estimate of drug-likeness (QED) is 0.150. The number of cyclic esters (lactones) is 1. The normalized spacial score (nSPS) is 43.8. The van der Waals surface area contributed by atoms with Gasteiger partial charge in [0.15, 0.2) is 12.1 Å². The monoisotopic (exact) mass is 569 g/mol. The molecule has 3 N–H and O–H groups in total. The lowest BCUT2D eigenvalue weighted by Crippen LogP contribution is -2.57. The number of ether oxygens (including phenoxy) is 3. The van der Waals surface area contributed by atoms with Crippen LogP contribution in [-0.4, -0.2) is 81.8 Å². The van der Waals surface area contributed by atoms with E-state index in [2.05, 4.69) is 10.0 Å². The molecule has 0 aromatic carbocycles. The van der Waals surface area contributed by atoms with Gasteiger partial charge in [-0.2, -0.15) is 0 Å². The molecule has 0 aliphatic carbocycles. The Hall–Kier alpha value is -2.08. The van der Waals surface area contributed by atoms with Crippen molar-refractivity contribution < 1.29 is 43.9 Å². The summed E-state index contributed by atoms with van der Waals surface area (Å²) < 4.78 is 17.7. The maximum atomic E-state index is 13.7. The molecular formula is C28H47N3O9. The Bertz CT molecular complexity index is 980. The number of ketones is 2. The summed E-state index contributed by atoms with van der Waals surface area (Å²) in [6.07, 6.45) is -5.34. The number of hydrogen-bond acceptors (Lipinski definition) is 10. The molecule has 4 unspecified atom stereocenters. The SMILES string of the molecule is CC1CC(C)C(O)C(O[C@@H]2[C@@H](C)C(=O)[C@@H](C)C(=O)O[C@H](CN=[N+]=[N-])[C@@](C)(O)[C@H](O)[C@@H](C)C(=O)[C@H](C)CC2(C)C)O1. The van der Waals surface area contributed by atoms with Gasteiger partial charge in [-0.15, -0.1) is 0 Å². The lowest BCUT2D eigenvalue weighted by Gasteiger charge is -2.45. The van der Waals surface area contributed by atoms with Crippen LogP contribution in [0.5, 0.6) is 0 Å². The Kier molecular flexibility index (Phi) is 11.3. The highest BCUT2D eigenvalue weighted by Crippen LogP contribution is 2.41. The molecule has 0 amide bonds. The molecule has 12 atom stereocenters. The van der Waals surface area contributed by atoms with Crippen molar-refractivity contribution >= 4 is 17.5 Å². The first-order valence-electron chi connectivity index (χ1n) is 14.0. The predicted molar refractivity (Wildman–Crippen MR) is 145 cm³/mol. The standard InChI is InChI=1S/C28H47N3O9/c1-13-10-15(3)38-26(21(13)33)40-24-17(5)22(34)18(6)25(36)39-19(12-30-31-29)28(9,37)23(35)16(4)20(32)14(2)11-27(24,7)8/h13-19,21,23-24,26,33,35,37H,10-12H2,1-9H3/t13?,14-,15?,16+,17+,18-,19-,21?,23-,24-,26?,28-/m1/s1. The third kappa shape index (κ3) is 7.40. The van der Waals surface area contributed by atoms with Gasteiger partial charge in [0.1, 0.15) is 29.5 Å². The summed E-state index contributed by atoms with van der Waals surface area (Å²) in [6, 6.07) is 0. The Labute approximate surface area is 236 Å². The van der Waals surface area contributed by atoms with Crippen LogP contribution in [0.1, 0.15) is 75.2 Å². The zero-order chi connectivity index (χ0) is 30.7. The van der Waals surface area contributed by atoms with Crippen molar-refractivity contribution in [3.05, 3.63) is 10.4 Å². The summed E-state index contributed by atoms with van der Waals surface area (Å²) in [5, 5.41) is 36.5. The fraction of sp³-hybridized carbons (Fsp3) is 0.893. The van der Waals surface area contributed by atoms with Crippen molar-refractivity contribution in [3.8, 4) is 0 Å². The molecule has 0 radical (unpaired) electrons. The predicted octanol–water partition coefficient (Wildman–Crippen LogP) is 2.95. The number of nitrogens with zero attached hydrogens (tertiary/aromatic N) is 3. The number of carbonyl (C=O) groups excluding carboxylic acids is 3. The average molecular weight is 570 g/mol. The highest BCUT2D eigenvalue weighted by molar-refractivity contribution is 6.00. The van der Waals surface area contributed by atoms with Crippen LogP contribution in [0.2, 0.25) is 0 Å². The second kappa shape index (κ2) is 13.3. The van der Waals surface area contributed by atoms with Gasteiger partial charge in [-0.25, -0.2) is 0 Å². The Morgan fingerprint density at radius 1 is 1.02 bits per heavy atom. The van der Waals surface area contributed by atoms with Crippen LogP contribution in [0.4, 0.5) is 0 Å². The van der Waals surface area contributed by atoms with E-state index in [9.17, 15) is 29.7 Å². The first kappa shape index (κ1) is 34.1. The van der Waals surface area contributed by atoms with Crippen LogP contribution in [0.25, 0.3) is 10.4 Å². The molecule has 12 nitrogen and oxygen atoms in total. The van der Waals surface area contributed by atoms with Gasteiger partial charge in [0.05, 0.1) is 24.9 Å². The first-order chi connectivity index (χ1) is 18.4. The van der Waals surface area contributed by atoms with Gasteiger partial charge < -0.3 is 29.5 Å². The van der Waals surface area contributed by atoms with E-state index < -0.39 is 83.7 Å². The minimum atomic E-state index is -2.17. The van der Waals surface area contributed by atoms with Crippen molar-refractivity contribution in [2.75, 3.05) is 6.54 Å². The van der Waals surface area contributed by atoms with Crippen molar-refractivity contribution in [1.29, 1.82) is 0 Å². The molecule has 2 fully saturated rings. The molecular weight excluding hydrogens is 522 g/mol. The van der Waals surface area contributed by atoms with E-state index in [1.807, 2.05) is 27.7 Å². The molecule has 0 spiro atoms. The van der Waals surface area contributed by atoms with Crippen LogP contribution in [0.3, 0.4) is 0 Å². The largest absolute Gasteiger partial charge is 0.459 e. The number of aliphatic hydroxyl groups is 3. The topological polar surface area (TPSA) is 188 Å². The molecule has 228 valence electrons. The van der Waals surface area contributed by atoms with Gasteiger partial charge in [0.25, 0.3) is 0 Å². The molecule has 0 bridgehead atoms. The number of aliphatic hydroxyl groups excluding tert-OH is 2. The number of esters is 1. The van der Waals surface area contributed by atoms with Gasteiger partial charge in [-0.1, -0.05) is 46.7 Å². The summed E-state index contributed by atoms with van der Waals surface area (Å²) in [5.74, 6) is -5.85. The molecule has 0 saturated carbocycles. The molecule has 0 aromatic heterocycles. The lowest BCUT2D eigenvalue weighted by molar-refractivity contribution is -0.284. The van der Waals surface area contributed by atoms with E-state index in [0.717, 1.165) is 0 Å².